The molecule has 0 bridgehead atoms. The maximum atomic E-state index is 12.3. The highest BCUT2D eigenvalue weighted by Crippen LogP contribution is 2.20. The first kappa shape index (κ1) is 14.4. The number of rotatable bonds is 3. The molecule has 1 heterocycles. The van der Waals surface area contributed by atoms with Crippen molar-refractivity contribution in [2.24, 2.45) is 0 Å². The van der Waals surface area contributed by atoms with Crippen LogP contribution in [0.1, 0.15) is 6.42 Å². The second-order valence-corrected chi connectivity index (χ2v) is 6.23. The van der Waals surface area contributed by atoms with Crippen LogP contribution in [0, 0.1) is 10.1 Å². The molecule has 1 aliphatic heterocycles. The van der Waals surface area contributed by atoms with E-state index in [1.54, 1.807) is 0 Å². The zero-order valence-corrected chi connectivity index (χ0v) is 11.3. The topological polar surface area (TPSA) is 110 Å². The first-order valence-electron chi connectivity index (χ1n) is 5.92. The van der Waals surface area contributed by atoms with Gasteiger partial charge in [-0.25, -0.2) is 8.42 Å². The van der Waals surface area contributed by atoms with E-state index in [1.807, 2.05) is 0 Å². The Morgan fingerprint density at radius 3 is 2.50 bits per heavy atom. The van der Waals surface area contributed by atoms with Gasteiger partial charge in [0.1, 0.15) is 0 Å². The molecule has 108 valence electrons. The van der Waals surface area contributed by atoms with Gasteiger partial charge in [0.05, 0.1) is 16.4 Å². The predicted molar refractivity (Wildman–Crippen MR) is 69.5 cm³/mol. The molecule has 0 aliphatic carbocycles. The van der Waals surface area contributed by atoms with Gasteiger partial charge in [0.2, 0.25) is 15.9 Å². The van der Waals surface area contributed by atoms with E-state index >= 15 is 0 Å². The highest BCUT2D eigenvalue weighted by Gasteiger charge is 2.28. The number of nitro benzene ring substituents is 1. The summed E-state index contributed by atoms with van der Waals surface area (Å²) in [6, 6.07) is 4.61. The Kier molecular flexibility index (Phi) is 4.00. The van der Waals surface area contributed by atoms with Crippen molar-refractivity contribution in [1.29, 1.82) is 0 Å². The maximum absolute atomic E-state index is 12.3. The van der Waals surface area contributed by atoms with E-state index in [9.17, 15) is 23.3 Å². The van der Waals surface area contributed by atoms with Gasteiger partial charge in [0, 0.05) is 25.2 Å². The molecule has 1 saturated heterocycles. The van der Waals surface area contributed by atoms with Gasteiger partial charge >= 0.3 is 0 Å². The number of carbonyl (C=O) groups is 1. The van der Waals surface area contributed by atoms with E-state index in [0.29, 0.717) is 13.0 Å². The number of benzene rings is 1. The molecule has 1 aliphatic rings. The van der Waals surface area contributed by atoms with Crippen LogP contribution >= 0.6 is 0 Å². The summed E-state index contributed by atoms with van der Waals surface area (Å²) in [4.78, 5) is 21.3. The average molecular weight is 299 g/mol. The SMILES string of the molecule is O=C1CN(S(=O)(=O)c2ccc([N+](=O)[O-])cc2)CCCN1. The van der Waals surface area contributed by atoms with Crippen molar-refractivity contribution in [1.82, 2.24) is 9.62 Å². The number of hydrogen-bond acceptors (Lipinski definition) is 5. The minimum Gasteiger partial charge on any atom is -0.355 e. The molecule has 0 radical (unpaired) electrons. The molecule has 0 unspecified atom stereocenters. The van der Waals surface area contributed by atoms with Crippen LogP contribution in [0.25, 0.3) is 0 Å². The molecule has 1 aromatic rings. The first-order chi connectivity index (χ1) is 9.41. The minimum absolute atomic E-state index is 0.0576. The van der Waals surface area contributed by atoms with Crippen molar-refractivity contribution < 1.29 is 18.1 Å². The van der Waals surface area contributed by atoms with Gasteiger partial charge < -0.3 is 5.32 Å². The summed E-state index contributed by atoms with van der Waals surface area (Å²) >= 11 is 0. The van der Waals surface area contributed by atoms with Crippen LogP contribution in [-0.2, 0) is 14.8 Å². The Morgan fingerprint density at radius 1 is 1.25 bits per heavy atom. The van der Waals surface area contributed by atoms with Gasteiger partial charge in [-0.1, -0.05) is 0 Å². The average Bonchev–Trinajstić information content (AvgIpc) is 2.64. The fourth-order valence-electron chi connectivity index (χ4n) is 1.87. The van der Waals surface area contributed by atoms with Crippen LogP contribution in [0.2, 0.25) is 0 Å². The van der Waals surface area contributed by atoms with E-state index in [2.05, 4.69) is 5.32 Å². The van der Waals surface area contributed by atoms with Crippen molar-refractivity contribution >= 4 is 21.6 Å². The maximum Gasteiger partial charge on any atom is 0.269 e. The summed E-state index contributed by atoms with van der Waals surface area (Å²) in [6.07, 6.45) is 0.526. The molecular formula is C11H13N3O5S. The Balaban J connectivity index is 2.29. The lowest BCUT2D eigenvalue weighted by Crippen LogP contribution is -2.37. The van der Waals surface area contributed by atoms with E-state index in [-0.39, 0.29) is 29.6 Å². The first-order valence-corrected chi connectivity index (χ1v) is 7.36. The van der Waals surface area contributed by atoms with Crippen molar-refractivity contribution in [3.05, 3.63) is 34.4 Å². The molecule has 0 aromatic heterocycles. The normalized spacial score (nSPS) is 17.3. The smallest absolute Gasteiger partial charge is 0.269 e. The van der Waals surface area contributed by atoms with Gasteiger partial charge in [-0.15, -0.1) is 0 Å². The standard InChI is InChI=1S/C11H13N3O5S/c15-11-8-13(7-1-6-12-11)20(18,19)10-4-2-9(3-5-10)14(16)17/h2-5H,1,6-8H2,(H,12,15). The third-order valence-electron chi connectivity index (χ3n) is 2.91. The summed E-state index contributed by atoms with van der Waals surface area (Å²) < 4.78 is 25.8. The minimum atomic E-state index is -3.81. The number of non-ortho nitro benzene ring substituents is 1. The van der Waals surface area contributed by atoms with Crippen LogP contribution in [0.5, 0.6) is 0 Å². The number of nitro groups is 1. The second kappa shape index (κ2) is 5.55. The van der Waals surface area contributed by atoms with Gasteiger partial charge in [0.25, 0.3) is 5.69 Å². The zero-order valence-electron chi connectivity index (χ0n) is 10.5. The van der Waals surface area contributed by atoms with Crippen molar-refractivity contribution in [2.45, 2.75) is 11.3 Å². The molecule has 0 atom stereocenters. The molecule has 1 fully saturated rings. The molecule has 1 amide bonds. The van der Waals surface area contributed by atoms with Crippen LogP contribution in [-0.4, -0.2) is 43.2 Å². The number of amides is 1. The Labute approximate surface area is 115 Å². The van der Waals surface area contributed by atoms with E-state index in [0.717, 1.165) is 16.4 Å². The van der Waals surface area contributed by atoms with Crippen molar-refractivity contribution in [2.75, 3.05) is 19.6 Å². The number of nitrogens with one attached hydrogen (secondary N) is 1. The summed E-state index contributed by atoms with van der Waals surface area (Å²) in [5.74, 6) is -0.354. The molecule has 0 saturated carbocycles. The zero-order chi connectivity index (χ0) is 14.8. The summed E-state index contributed by atoms with van der Waals surface area (Å²) in [5, 5.41) is 13.1. The molecule has 1 aromatic carbocycles. The Hall–Kier alpha value is -2.00. The largest absolute Gasteiger partial charge is 0.355 e. The number of carbonyl (C=O) groups excluding carboxylic acids is 1. The number of sulfonamides is 1. The summed E-state index contributed by atoms with van der Waals surface area (Å²) in [6.45, 7) is 0.433. The quantitative estimate of drug-likeness (QED) is 0.629. The van der Waals surface area contributed by atoms with Crippen LogP contribution < -0.4 is 5.32 Å². The molecule has 8 nitrogen and oxygen atoms in total. The fraction of sp³-hybridized carbons (Fsp3) is 0.364. The lowest BCUT2D eigenvalue weighted by Gasteiger charge is -2.18. The van der Waals surface area contributed by atoms with Gasteiger partial charge in [-0.3, -0.25) is 14.9 Å². The monoisotopic (exact) mass is 299 g/mol. The van der Waals surface area contributed by atoms with E-state index in [1.165, 1.54) is 12.1 Å². The second-order valence-electron chi connectivity index (χ2n) is 4.29. The summed E-state index contributed by atoms with van der Waals surface area (Å²) in [5.41, 5.74) is -0.183. The molecule has 0 spiro atoms. The molecular weight excluding hydrogens is 286 g/mol. The van der Waals surface area contributed by atoms with Crippen molar-refractivity contribution in [3.8, 4) is 0 Å². The highest BCUT2D eigenvalue weighted by atomic mass is 32.2. The van der Waals surface area contributed by atoms with Crippen LogP contribution in [0.15, 0.2) is 29.2 Å². The fourth-order valence-corrected chi connectivity index (χ4v) is 3.31. The lowest BCUT2D eigenvalue weighted by atomic mass is 10.3. The van der Waals surface area contributed by atoms with Gasteiger partial charge in [-0.2, -0.15) is 4.31 Å². The molecule has 1 N–H and O–H groups in total. The lowest BCUT2D eigenvalue weighted by molar-refractivity contribution is -0.384. The van der Waals surface area contributed by atoms with Crippen LogP contribution in [0.4, 0.5) is 5.69 Å². The van der Waals surface area contributed by atoms with E-state index in [4.69, 9.17) is 0 Å². The van der Waals surface area contributed by atoms with E-state index < -0.39 is 14.9 Å². The Bertz CT molecular complexity index is 626. The Morgan fingerprint density at radius 2 is 1.90 bits per heavy atom. The highest BCUT2D eigenvalue weighted by molar-refractivity contribution is 7.89. The van der Waals surface area contributed by atoms with Crippen LogP contribution in [0.3, 0.4) is 0 Å². The third kappa shape index (κ3) is 2.94. The number of hydrogen-bond donors (Lipinski definition) is 1. The summed E-state index contributed by atoms with van der Waals surface area (Å²) in [7, 11) is -3.81. The molecule has 20 heavy (non-hydrogen) atoms. The van der Waals surface area contributed by atoms with Crippen molar-refractivity contribution in [3.63, 3.8) is 0 Å². The predicted octanol–water partition coefficient (Wildman–Crippen LogP) is 0.105. The van der Waals surface area contributed by atoms with Gasteiger partial charge in [0.15, 0.2) is 0 Å². The third-order valence-corrected chi connectivity index (χ3v) is 4.77. The van der Waals surface area contributed by atoms with Gasteiger partial charge in [-0.05, 0) is 18.6 Å². The molecule has 2 rings (SSSR count). The molecule has 9 heteroatoms. The number of nitrogens with zero attached hydrogens (tertiary/aromatic N) is 2.